The van der Waals surface area contributed by atoms with E-state index in [0.717, 1.165) is 24.3 Å². The smallest absolute Gasteiger partial charge is 0.153 e. The van der Waals surface area contributed by atoms with E-state index in [1.165, 1.54) is 44.5 Å². The summed E-state index contributed by atoms with van der Waals surface area (Å²) in [5.41, 5.74) is 2.43. The van der Waals surface area contributed by atoms with Crippen molar-refractivity contribution in [2.75, 3.05) is 25.0 Å². The molecule has 0 atom stereocenters. The second-order valence-electron chi connectivity index (χ2n) is 6.83. The minimum Gasteiger partial charge on any atom is -0.336 e. The third kappa shape index (κ3) is 4.68. The van der Waals surface area contributed by atoms with Gasteiger partial charge in [-0.25, -0.2) is 4.39 Å². The number of nitrogens with zero attached hydrogens (tertiary/aromatic N) is 5. The quantitative estimate of drug-likeness (QED) is 0.721. The molecule has 0 amide bonds. The summed E-state index contributed by atoms with van der Waals surface area (Å²) in [6.07, 6.45) is 7.75. The summed E-state index contributed by atoms with van der Waals surface area (Å²) < 4.78 is 15.0. The first-order valence-corrected chi connectivity index (χ1v) is 9.38. The highest BCUT2D eigenvalue weighted by Gasteiger charge is 2.10. The van der Waals surface area contributed by atoms with Gasteiger partial charge in [-0.05, 0) is 62.3 Å². The molecule has 0 bridgehead atoms. The zero-order valence-electron chi connectivity index (χ0n) is 15.2. The lowest BCUT2D eigenvalue weighted by molar-refractivity contribution is 0.218. The summed E-state index contributed by atoms with van der Waals surface area (Å²) in [5.74, 6) is 0.388. The van der Waals surface area contributed by atoms with Crippen molar-refractivity contribution in [1.82, 2.24) is 24.9 Å². The van der Waals surface area contributed by atoms with Gasteiger partial charge in [-0.1, -0.05) is 6.42 Å². The molecule has 1 aromatic carbocycles. The SMILES string of the molecule is Fc1ccc(-c2ccc(Nc3cnn(CCN4CCCCC4)c3)nn2)cc1. The van der Waals surface area contributed by atoms with Crippen LogP contribution in [0.15, 0.2) is 48.8 Å². The van der Waals surface area contributed by atoms with Gasteiger partial charge in [0.25, 0.3) is 0 Å². The van der Waals surface area contributed by atoms with Crippen molar-refractivity contribution < 1.29 is 4.39 Å². The van der Waals surface area contributed by atoms with Gasteiger partial charge in [-0.3, -0.25) is 4.68 Å². The van der Waals surface area contributed by atoms with Crippen LogP contribution in [0.25, 0.3) is 11.3 Å². The third-order valence-corrected chi connectivity index (χ3v) is 4.80. The Labute approximate surface area is 158 Å². The Bertz CT molecular complexity index is 853. The molecule has 1 saturated heterocycles. The molecule has 1 fully saturated rings. The third-order valence-electron chi connectivity index (χ3n) is 4.80. The van der Waals surface area contributed by atoms with Crippen LogP contribution in [0.3, 0.4) is 0 Å². The largest absolute Gasteiger partial charge is 0.336 e. The van der Waals surface area contributed by atoms with Crippen LogP contribution >= 0.6 is 0 Å². The van der Waals surface area contributed by atoms with Crippen LogP contribution in [-0.4, -0.2) is 44.5 Å². The lowest BCUT2D eigenvalue weighted by Crippen LogP contribution is -2.32. The summed E-state index contributed by atoms with van der Waals surface area (Å²) in [5, 5.41) is 16.0. The Morgan fingerprint density at radius 2 is 1.74 bits per heavy atom. The minimum atomic E-state index is -0.262. The lowest BCUT2D eigenvalue weighted by atomic mass is 10.1. The summed E-state index contributed by atoms with van der Waals surface area (Å²) in [4.78, 5) is 2.50. The van der Waals surface area contributed by atoms with Gasteiger partial charge in [-0.2, -0.15) is 5.10 Å². The van der Waals surface area contributed by atoms with Crippen LogP contribution < -0.4 is 5.32 Å². The molecule has 1 N–H and O–H groups in total. The highest BCUT2D eigenvalue weighted by molar-refractivity contribution is 5.61. The highest BCUT2D eigenvalue weighted by Crippen LogP contribution is 2.19. The monoisotopic (exact) mass is 366 g/mol. The molecule has 0 aliphatic carbocycles. The van der Waals surface area contributed by atoms with Crippen molar-refractivity contribution in [3.8, 4) is 11.3 Å². The van der Waals surface area contributed by atoms with Gasteiger partial charge in [0.2, 0.25) is 0 Å². The van der Waals surface area contributed by atoms with E-state index < -0.39 is 0 Å². The molecule has 7 heteroatoms. The zero-order valence-corrected chi connectivity index (χ0v) is 15.2. The maximum atomic E-state index is 13.0. The first-order chi connectivity index (χ1) is 13.3. The molecule has 0 unspecified atom stereocenters. The molecule has 2 aromatic heterocycles. The van der Waals surface area contributed by atoms with Gasteiger partial charge in [-0.15, -0.1) is 10.2 Å². The van der Waals surface area contributed by atoms with Crippen molar-refractivity contribution in [1.29, 1.82) is 0 Å². The molecule has 27 heavy (non-hydrogen) atoms. The molecule has 4 rings (SSSR count). The molecule has 0 spiro atoms. The maximum absolute atomic E-state index is 13.0. The second kappa shape index (κ2) is 8.26. The van der Waals surface area contributed by atoms with Crippen LogP contribution in [0, 0.1) is 5.82 Å². The van der Waals surface area contributed by atoms with E-state index in [0.29, 0.717) is 11.5 Å². The van der Waals surface area contributed by atoms with E-state index in [9.17, 15) is 4.39 Å². The van der Waals surface area contributed by atoms with Gasteiger partial charge >= 0.3 is 0 Å². The number of rotatable bonds is 6. The van der Waals surface area contributed by atoms with Crippen LogP contribution in [0.4, 0.5) is 15.9 Å². The second-order valence-corrected chi connectivity index (χ2v) is 6.83. The Morgan fingerprint density at radius 1 is 0.926 bits per heavy atom. The number of hydrogen-bond acceptors (Lipinski definition) is 5. The van der Waals surface area contributed by atoms with Crippen molar-refractivity contribution in [2.24, 2.45) is 0 Å². The average molecular weight is 366 g/mol. The summed E-state index contributed by atoms with van der Waals surface area (Å²) in [6.45, 7) is 4.31. The molecule has 0 radical (unpaired) electrons. The topological polar surface area (TPSA) is 58.9 Å². The van der Waals surface area contributed by atoms with Crippen LogP contribution in [0.5, 0.6) is 0 Å². The van der Waals surface area contributed by atoms with E-state index >= 15 is 0 Å². The number of halogens is 1. The van der Waals surface area contributed by atoms with Gasteiger partial charge in [0.05, 0.1) is 24.1 Å². The first-order valence-electron chi connectivity index (χ1n) is 9.38. The van der Waals surface area contributed by atoms with Gasteiger partial charge in [0, 0.05) is 18.3 Å². The fourth-order valence-electron chi connectivity index (χ4n) is 3.30. The summed E-state index contributed by atoms with van der Waals surface area (Å²) >= 11 is 0. The molecular formula is C20H23FN6. The van der Waals surface area contributed by atoms with Gasteiger partial charge < -0.3 is 10.2 Å². The molecule has 6 nitrogen and oxygen atoms in total. The van der Waals surface area contributed by atoms with Crippen molar-refractivity contribution >= 4 is 11.5 Å². The van der Waals surface area contributed by atoms with Crippen molar-refractivity contribution in [3.63, 3.8) is 0 Å². The van der Waals surface area contributed by atoms with Crippen LogP contribution in [0.2, 0.25) is 0 Å². The number of piperidine rings is 1. The number of likely N-dealkylation sites (tertiary alicyclic amines) is 1. The van der Waals surface area contributed by atoms with Gasteiger partial charge in [0.15, 0.2) is 5.82 Å². The summed E-state index contributed by atoms with van der Waals surface area (Å²) in [6, 6.07) is 9.95. The zero-order chi connectivity index (χ0) is 18.5. The normalized spacial score (nSPS) is 15.0. The van der Waals surface area contributed by atoms with Crippen LogP contribution in [-0.2, 0) is 6.54 Å². The minimum absolute atomic E-state index is 0.262. The molecule has 0 saturated carbocycles. The summed E-state index contributed by atoms with van der Waals surface area (Å²) in [7, 11) is 0. The molecule has 140 valence electrons. The van der Waals surface area contributed by atoms with E-state index in [-0.39, 0.29) is 5.82 Å². The average Bonchev–Trinajstić information content (AvgIpc) is 3.16. The molecule has 3 aromatic rings. The Hall–Kier alpha value is -2.80. The van der Waals surface area contributed by atoms with E-state index in [4.69, 9.17) is 0 Å². The van der Waals surface area contributed by atoms with E-state index in [1.54, 1.807) is 18.3 Å². The van der Waals surface area contributed by atoms with Crippen molar-refractivity contribution in [2.45, 2.75) is 25.8 Å². The molecular weight excluding hydrogens is 343 g/mol. The highest BCUT2D eigenvalue weighted by atomic mass is 19.1. The Morgan fingerprint density at radius 3 is 2.48 bits per heavy atom. The molecule has 3 heterocycles. The lowest BCUT2D eigenvalue weighted by Gasteiger charge is -2.26. The number of hydrogen-bond donors (Lipinski definition) is 1. The Balaban J connectivity index is 1.33. The fourth-order valence-corrected chi connectivity index (χ4v) is 3.30. The number of aromatic nitrogens is 4. The standard InChI is InChI=1S/C20H23FN6/c21-17-6-4-16(5-7-17)19-8-9-20(25-24-19)23-18-14-22-27(15-18)13-12-26-10-2-1-3-11-26/h4-9,14-15H,1-3,10-13H2,(H,23,25). The predicted octanol–water partition coefficient (Wildman–Crippen LogP) is 3.71. The number of nitrogens with one attached hydrogen (secondary N) is 1. The van der Waals surface area contributed by atoms with Gasteiger partial charge in [0.1, 0.15) is 5.82 Å². The fraction of sp³-hybridized carbons (Fsp3) is 0.350. The number of anilines is 2. The Kier molecular flexibility index (Phi) is 5.39. The van der Waals surface area contributed by atoms with Crippen LogP contribution in [0.1, 0.15) is 19.3 Å². The van der Waals surface area contributed by atoms with Crippen molar-refractivity contribution in [3.05, 3.63) is 54.6 Å². The van der Waals surface area contributed by atoms with E-state index in [2.05, 4.69) is 25.5 Å². The maximum Gasteiger partial charge on any atom is 0.153 e. The van der Waals surface area contributed by atoms with E-state index in [1.807, 2.05) is 23.0 Å². The molecule has 1 aliphatic heterocycles. The first kappa shape index (κ1) is 17.6. The number of benzene rings is 1. The molecule has 1 aliphatic rings. The predicted molar refractivity (Wildman–Crippen MR) is 103 cm³/mol.